The van der Waals surface area contributed by atoms with Crippen molar-refractivity contribution >= 4 is 11.9 Å². The second-order valence-electron chi connectivity index (χ2n) is 3.90. The van der Waals surface area contributed by atoms with E-state index in [1.54, 1.807) is 0 Å². The molecule has 0 saturated carbocycles. The first kappa shape index (κ1) is 14.8. The molecule has 0 aliphatic heterocycles. The maximum atomic E-state index is 11.1. The molecule has 0 saturated heterocycles. The van der Waals surface area contributed by atoms with Crippen LogP contribution in [0.15, 0.2) is 18.2 Å². The summed E-state index contributed by atoms with van der Waals surface area (Å²) in [5.41, 5.74) is -0.123. The summed E-state index contributed by atoms with van der Waals surface area (Å²) < 4.78 is 10.2. The fourth-order valence-corrected chi connectivity index (χ4v) is 1.55. The van der Waals surface area contributed by atoms with E-state index < -0.39 is 18.0 Å². The van der Waals surface area contributed by atoms with Gasteiger partial charge in [0.15, 0.2) is 6.10 Å². The number of rotatable bonds is 7. The van der Waals surface area contributed by atoms with Crippen molar-refractivity contribution in [1.29, 1.82) is 0 Å². The second-order valence-corrected chi connectivity index (χ2v) is 3.90. The minimum atomic E-state index is -1.20. The van der Waals surface area contributed by atoms with Crippen LogP contribution in [0.5, 0.6) is 11.5 Å². The largest absolute Gasteiger partial charge is 0.497 e. The summed E-state index contributed by atoms with van der Waals surface area (Å²) in [5.74, 6) is -1.93. The summed E-state index contributed by atoms with van der Waals surface area (Å²) in [7, 11) is 1.42. The molecule has 104 valence electrons. The van der Waals surface area contributed by atoms with Crippen LogP contribution in [-0.2, 0) is 4.79 Å². The summed E-state index contributed by atoms with van der Waals surface area (Å²) in [6.07, 6.45) is -0.132. The van der Waals surface area contributed by atoms with Gasteiger partial charge in [0, 0.05) is 0 Å². The third-order valence-electron chi connectivity index (χ3n) is 2.51. The van der Waals surface area contributed by atoms with Crippen molar-refractivity contribution in [3.63, 3.8) is 0 Å². The minimum absolute atomic E-state index is 0.0224. The molecular weight excluding hydrogens is 252 g/mol. The van der Waals surface area contributed by atoms with Crippen LogP contribution in [0.3, 0.4) is 0 Å². The number of aliphatic carboxylic acids is 1. The Morgan fingerprint density at radius 3 is 2.47 bits per heavy atom. The normalized spacial score (nSPS) is 11.7. The van der Waals surface area contributed by atoms with Crippen molar-refractivity contribution in [2.45, 2.75) is 25.9 Å². The Balaban J connectivity index is 3.05. The predicted molar refractivity (Wildman–Crippen MR) is 66.9 cm³/mol. The number of methoxy groups -OCH3 is 1. The quantitative estimate of drug-likeness (QED) is 0.785. The zero-order chi connectivity index (χ0) is 14.4. The van der Waals surface area contributed by atoms with Gasteiger partial charge in [-0.1, -0.05) is 13.3 Å². The van der Waals surface area contributed by atoms with Gasteiger partial charge in [0.25, 0.3) is 0 Å². The molecule has 0 radical (unpaired) electrons. The number of hydrogen-bond donors (Lipinski definition) is 2. The fourth-order valence-electron chi connectivity index (χ4n) is 1.55. The highest BCUT2D eigenvalue weighted by molar-refractivity contribution is 5.91. The van der Waals surface area contributed by atoms with E-state index in [0.717, 1.165) is 0 Å². The summed E-state index contributed by atoms with van der Waals surface area (Å²) >= 11 is 0. The summed E-state index contributed by atoms with van der Waals surface area (Å²) in [4.78, 5) is 22.1. The van der Waals surface area contributed by atoms with Crippen molar-refractivity contribution < 1.29 is 29.3 Å². The van der Waals surface area contributed by atoms with Crippen LogP contribution in [0.4, 0.5) is 0 Å². The van der Waals surface area contributed by atoms with Crippen LogP contribution in [0.2, 0.25) is 0 Å². The van der Waals surface area contributed by atoms with Crippen LogP contribution in [0.25, 0.3) is 0 Å². The molecule has 0 amide bonds. The third kappa shape index (κ3) is 3.87. The summed E-state index contributed by atoms with van der Waals surface area (Å²) in [6, 6.07) is 4.21. The van der Waals surface area contributed by atoms with E-state index in [2.05, 4.69) is 0 Å². The van der Waals surface area contributed by atoms with Crippen LogP contribution in [-0.4, -0.2) is 35.4 Å². The Morgan fingerprint density at radius 2 is 2.00 bits per heavy atom. The van der Waals surface area contributed by atoms with Crippen LogP contribution in [0, 0.1) is 0 Å². The number of benzene rings is 1. The number of aromatic carboxylic acids is 1. The number of carboxylic acid groups (broad SMARTS) is 2. The van der Waals surface area contributed by atoms with Crippen LogP contribution >= 0.6 is 0 Å². The second kappa shape index (κ2) is 6.63. The van der Waals surface area contributed by atoms with Crippen LogP contribution < -0.4 is 9.47 Å². The molecule has 1 unspecified atom stereocenters. The SMILES string of the molecule is CCCC(Oc1ccc(OC)cc1C(=O)O)C(=O)O. The Labute approximate surface area is 110 Å². The Kier molecular flexibility index (Phi) is 5.17. The standard InChI is InChI=1S/C13H16O6/c1-3-4-11(13(16)17)19-10-6-5-8(18-2)7-9(10)12(14)15/h5-7,11H,3-4H2,1-2H3,(H,14,15)(H,16,17). The lowest BCUT2D eigenvalue weighted by Gasteiger charge is -2.16. The average Bonchev–Trinajstić information content (AvgIpc) is 2.38. The first-order valence-electron chi connectivity index (χ1n) is 5.80. The molecule has 0 bridgehead atoms. The van der Waals surface area contributed by atoms with Gasteiger partial charge in [-0.25, -0.2) is 9.59 Å². The zero-order valence-electron chi connectivity index (χ0n) is 10.8. The van der Waals surface area contributed by atoms with E-state index in [1.165, 1.54) is 25.3 Å². The smallest absolute Gasteiger partial charge is 0.344 e. The lowest BCUT2D eigenvalue weighted by atomic mass is 10.1. The van der Waals surface area contributed by atoms with Crippen molar-refractivity contribution in [1.82, 2.24) is 0 Å². The van der Waals surface area contributed by atoms with Gasteiger partial charge in [0.1, 0.15) is 17.1 Å². The molecule has 0 aliphatic rings. The fraction of sp³-hybridized carbons (Fsp3) is 0.385. The lowest BCUT2D eigenvalue weighted by Crippen LogP contribution is -2.27. The predicted octanol–water partition coefficient (Wildman–Crippen LogP) is 2.03. The molecule has 0 spiro atoms. The Hall–Kier alpha value is -2.24. The number of carbonyl (C=O) groups is 2. The molecule has 2 N–H and O–H groups in total. The molecule has 0 fully saturated rings. The van der Waals surface area contributed by atoms with E-state index in [4.69, 9.17) is 19.7 Å². The number of hydrogen-bond acceptors (Lipinski definition) is 4. The maximum absolute atomic E-state index is 11.1. The van der Waals surface area contributed by atoms with Crippen molar-refractivity contribution in [3.05, 3.63) is 23.8 Å². The van der Waals surface area contributed by atoms with E-state index in [0.29, 0.717) is 18.6 Å². The van der Waals surface area contributed by atoms with Gasteiger partial charge in [-0.15, -0.1) is 0 Å². The van der Waals surface area contributed by atoms with Crippen molar-refractivity contribution in [2.75, 3.05) is 7.11 Å². The van der Waals surface area contributed by atoms with Gasteiger partial charge in [-0.3, -0.25) is 0 Å². The van der Waals surface area contributed by atoms with Crippen LogP contribution in [0.1, 0.15) is 30.1 Å². The molecular formula is C13H16O6. The summed E-state index contributed by atoms with van der Waals surface area (Å²) in [6.45, 7) is 1.82. The topological polar surface area (TPSA) is 93.1 Å². The molecule has 0 aliphatic carbocycles. The molecule has 1 aromatic carbocycles. The van der Waals surface area contributed by atoms with Gasteiger partial charge >= 0.3 is 11.9 Å². The van der Waals surface area contributed by atoms with E-state index >= 15 is 0 Å². The Morgan fingerprint density at radius 1 is 1.32 bits per heavy atom. The molecule has 0 heterocycles. The highest BCUT2D eigenvalue weighted by atomic mass is 16.5. The van der Waals surface area contributed by atoms with Crippen molar-refractivity contribution in [3.8, 4) is 11.5 Å². The molecule has 1 rings (SSSR count). The first-order chi connectivity index (χ1) is 8.99. The van der Waals surface area contributed by atoms with Gasteiger partial charge in [0.2, 0.25) is 0 Å². The van der Waals surface area contributed by atoms with Gasteiger partial charge in [-0.2, -0.15) is 0 Å². The highest BCUT2D eigenvalue weighted by Crippen LogP contribution is 2.25. The minimum Gasteiger partial charge on any atom is -0.497 e. The van der Waals surface area contributed by atoms with E-state index in [1.807, 2.05) is 6.92 Å². The van der Waals surface area contributed by atoms with Crippen molar-refractivity contribution in [2.24, 2.45) is 0 Å². The molecule has 0 aromatic heterocycles. The molecule has 6 heteroatoms. The first-order valence-corrected chi connectivity index (χ1v) is 5.80. The van der Waals surface area contributed by atoms with Gasteiger partial charge in [0.05, 0.1) is 7.11 Å². The van der Waals surface area contributed by atoms with E-state index in [-0.39, 0.29) is 11.3 Å². The molecule has 1 atom stereocenters. The summed E-state index contributed by atoms with van der Waals surface area (Å²) in [5, 5.41) is 18.1. The van der Waals surface area contributed by atoms with Gasteiger partial charge < -0.3 is 19.7 Å². The zero-order valence-corrected chi connectivity index (χ0v) is 10.8. The highest BCUT2D eigenvalue weighted by Gasteiger charge is 2.21. The van der Waals surface area contributed by atoms with Gasteiger partial charge in [-0.05, 0) is 24.6 Å². The lowest BCUT2D eigenvalue weighted by molar-refractivity contribution is -0.145. The molecule has 19 heavy (non-hydrogen) atoms. The number of ether oxygens (including phenoxy) is 2. The van der Waals surface area contributed by atoms with E-state index in [9.17, 15) is 9.59 Å². The number of carboxylic acids is 2. The monoisotopic (exact) mass is 268 g/mol. The Bertz CT molecular complexity index is 468. The maximum Gasteiger partial charge on any atom is 0.344 e. The molecule has 6 nitrogen and oxygen atoms in total. The average molecular weight is 268 g/mol. The third-order valence-corrected chi connectivity index (χ3v) is 2.51. The molecule has 1 aromatic rings.